The third kappa shape index (κ3) is 2.74. The zero-order valence-corrected chi connectivity index (χ0v) is 11.9. The standard InChI is InChI=1S/C14H18ClFN2O/c1-9(2)14(5-6-17-8-14)13(19)18-10-3-4-11(15)12(16)7-10/h3-4,7,9,17H,5-6,8H2,1-2H3,(H,18,19). The van der Waals surface area contributed by atoms with Crippen LogP contribution in [0.2, 0.25) is 5.02 Å². The summed E-state index contributed by atoms with van der Waals surface area (Å²) in [7, 11) is 0. The SMILES string of the molecule is CC(C)C1(C(=O)Nc2ccc(Cl)c(F)c2)CCNC1. The van der Waals surface area contributed by atoms with E-state index in [-0.39, 0.29) is 16.8 Å². The van der Waals surface area contributed by atoms with Crippen molar-refractivity contribution >= 4 is 23.2 Å². The minimum atomic E-state index is -0.525. The molecule has 0 saturated carbocycles. The summed E-state index contributed by atoms with van der Waals surface area (Å²) in [5.41, 5.74) is 0.0228. The number of carbonyl (C=O) groups is 1. The molecule has 1 atom stereocenters. The molecule has 3 nitrogen and oxygen atoms in total. The van der Waals surface area contributed by atoms with Crippen LogP contribution in [0, 0.1) is 17.2 Å². The second-order valence-electron chi connectivity index (χ2n) is 5.32. The Morgan fingerprint density at radius 3 is 2.79 bits per heavy atom. The molecule has 2 rings (SSSR count). The molecule has 1 amide bonds. The fraction of sp³-hybridized carbons (Fsp3) is 0.500. The van der Waals surface area contributed by atoms with Gasteiger partial charge >= 0.3 is 0 Å². The average molecular weight is 285 g/mol. The van der Waals surface area contributed by atoms with Gasteiger partial charge in [0.2, 0.25) is 5.91 Å². The molecule has 0 radical (unpaired) electrons. The van der Waals surface area contributed by atoms with Gasteiger partial charge in [-0.05, 0) is 37.1 Å². The Labute approximate surface area is 117 Å². The van der Waals surface area contributed by atoms with Gasteiger partial charge in [0.15, 0.2) is 0 Å². The fourth-order valence-corrected chi connectivity index (χ4v) is 2.61. The van der Waals surface area contributed by atoms with E-state index in [0.29, 0.717) is 12.2 Å². The number of nitrogens with one attached hydrogen (secondary N) is 2. The number of carbonyl (C=O) groups excluding carboxylic acids is 1. The molecule has 1 fully saturated rings. The van der Waals surface area contributed by atoms with Gasteiger partial charge in [-0.3, -0.25) is 4.79 Å². The fourth-order valence-electron chi connectivity index (χ4n) is 2.49. The number of benzene rings is 1. The van der Waals surface area contributed by atoms with Crippen molar-refractivity contribution < 1.29 is 9.18 Å². The van der Waals surface area contributed by atoms with E-state index in [0.717, 1.165) is 13.0 Å². The molecule has 104 valence electrons. The summed E-state index contributed by atoms with van der Waals surface area (Å²) in [5, 5.41) is 6.08. The van der Waals surface area contributed by atoms with Crippen molar-refractivity contribution in [3.8, 4) is 0 Å². The Morgan fingerprint density at radius 2 is 2.26 bits per heavy atom. The number of rotatable bonds is 3. The van der Waals surface area contributed by atoms with E-state index in [1.54, 1.807) is 6.07 Å². The molecule has 5 heteroatoms. The lowest BCUT2D eigenvalue weighted by molar-refractivity contribution is -0.126. The van der Waals surface area contributed by atoms with Crippen LogP contribution in [0.4, 0.5) is 10.1 Å². The molecular formula is C14H18ClFN2O. The van der Waals surface area contributed by atoms with Gasteiger partial charge < -0.3 is 10.6 Å². The molecule has 0 aliphatic carbocycles. The summed E-state index contributed by atoms with van der Waals surface area (Å²) in [6.07, 6.45) is 0.798. The third-order valence-electron chi connectivity index (χ3n) is 3.92. The van der Waals surface area contributed by atoms with Gasteiger partial charge in [0.05, 0.1) is 10.4 Å². The maximum Gasteiger partial charge on any atom is 0.232 e. The molecule has 1 aromatic carbocycles. The number of amides is 1. The van der Waals surface area contributed by atoms with Crippen molar-refractivity contribution in [1.29, 1.82) is 0 Å². The summed E-state index contributed by atoms with van der Waals surface area (Å²) < 4.78 is 13.4. The molecule has 2 N–H and O–H groups in total. The normalized spacial score (nSPS) is 22.8. The van der Waals surface area contributed by atoms with E-state index in [1.807, 2.05) is 13.8 Å². The molecule has 0 bridgehead atoms. The first kappa shape index (κ1) is 14.3. The van der Waals surface area contributed by atoms with E-state index in [1.165, 1.54) is 12.1 Å². The average Bonchev–Trinajstić information content (AvgIpc) is 2.84. The summed E-state index contributed by atoms with van der Waals surface area (Å²) >= 11 is 5.62. The van der Waals surface area contributed by atoms with Crippen LogP contribution < -0.4 is 10.6 Å². The Hall–Kier alpha value is -1.13. The van der Waals surface area contributed by atoms with Gasteiger partial charge in [-0.15, -0.1) is 0 Å². The van der Waals surface area contributed by atoms with Crippen LogP contribution in [0.25, 0.3) is 0 Å². The molecule has 19 heavy (non-hydrogen) atoms. The summed E-state index contributed by atoms with van der Waals surface area (Å²) in [5.74, 6) is -0.364. The highest BCUT2D eigenvalue weighted by Crippen LogP contribution is 2.35. The molecule has 1 aliphatic rings. The molecular weight excluding hydrogens is 267 g/mol. The van der Waals surface area contributed by atoms with Crippen LogP contribution in [0.3, 0.4) is 0 Å². The zero-order valence-electron chi connectivity index (χ0n) is 11.1. The molecule has 1 aromatic rings. The smallest absolute Gasteiger partial charge is 0.232 e. The Bertz CT molecular complexity index is 484. The minimum absolute atomic E-state index is 0.0547. The van der Waals surface area contributed by atoms with E-state index >= 15 is 0 Å². The highest BCUT2D eigenvalue weighted by atomic mass is 35.5. The Morgan fingerprint density at radius 1 is 1.53 bits per heavy atom. The van der Waals surface area contributed by atoms with Crippen LogP contribution in [-0.4, -0.2) is 19.0 Å². The van der Waals surface area contributed by atoms with Gasteiger partial charge in [0.1, 0.15) is 5.82 Å². The minimum Gasteiger partial charge on any atom is -0.325 e. The summed E-state index contributed by atoms with van der Waals surface area (Å²) in [4.78, 5) is 12.5. The number of anilines is 1. The first-order chi connectivity index (χ1) is 8.95. The number of halogens is 2. The van der Waals surface area contributed by atoms with Crippen molar-refractivity contribution in [3.05, 3.63) is 29.0 Å². The monoisotopic (exact) mass is 284 g/mol. The first-order valence-corrected chi connectivity index (χ1v) is 6.81. The molecule has 1 saturated heterocycles. The summed E-state index contributed by atoms with van der Waals surface area (Å²) in [6.45, 7) is 5.57. The maximum atomic E-state index is 13.4. The molecule has 0 spiro atoms. The van der Waals surface area contributed by atoms with Crippen LogP contribution >= 0.6 is 11.6 Å². The zero-order chi connectivity index (χ0) is 14.0. The number of hydrogen-bond acceptors (Lipinski definition) is 2. The lowest BCUT2D eigenvalue weighted by atomic mass is 9.75. The van der Waals surface area contributed by atoms with Crippen LogP contribution in [0.15, 0.2) is 18.2 Å². The second kappa shape index (κ2) is 5.47. The molecule has 1 heterocycles. The van der Waals surface area contributed by atoms with Crippen LogP contribution in [-0.2, 0) is 4.79 Å². The van der Waals surface area contributed by atoms with Crippen molar-refractivity contribution in [1.82, 2.24) is 5.32 Å². The lowest BCUT2D eigenvalue weighted by Crippen LogP contribution is -2.42. The quantitative estimate of drug-likeness (QED) is 0.896. The van der Waals surface area contributed by atoms with Crippen LogP contribution in [0.1, 0.15) is 20.3 Å². The molecule has 1 unspecified atom stereocenters. The van der Waals surface area contributed by atoms with E-state index < -0.39 is 11.2 Å². The van der Waals surface area contributed by atoms with Gasteiger partial charge in [-0.2, -0.15) is 0 Å². The maximum absolute atomic E-state index is 13.4. The van der Waals surface area contributed by atoms with E-state index in [9.17, 15) is 9.18 Å². The first-order valence-electron chi connectivity index (χ1n) is 6.43. The summed E-state index contributed by atoms with van der Waals surface area (Å²) in [6, 6.07) is 4.30. The third-order valence-corrected chi connectivity index (χ3v) is 4.23. The van der Waals surface area contributed by atoms with E-state index in [2.05, 4.69) is 10.6 Å². The largest absolute Gasteiger partial charge is 0.325 e. The molecule has 1 aliphatic heterocycles. The number of hydrogen-bond donors (Lipinski definition) is 2. The van der Waals surface area contributed by atoms with Gasteiger partial charge in [0, 0.05) is 12.2 Å². The van der Waals surface area contributed by atoms with Gasteiger partial charge in [0.25, 0.3) is 0 Å². The van der Waals surface area contributed by atoms with Gasteiger partial charge in [-0.1, -0.05) is 25.4 Å². The predicted octanol–water partition coefficient (Wildman–Crippen LogP) is 3.05. The van der Waals surface area contributed by atoms with Crippen molar-refractivity contribution in [2.24, 2.45) is 11.3 Å². The predicted molar refractivity (Wildman–Crippen MR) is 74.8 cm³/mol. The highest BCUT2D eigenvalue weighted by Gasteiger charge is 2.43. The van der Waals surface area contributed by atoms with Crippen molar-refractivity contribution in [3.63, 3.8) is 0 Å². The van der Waals surface area contributed by atoms with Crippen LogP contribution in [0.5, 0.6) is 0 Å². The van der Waals surface area contributed by atoms with E-state index in [4.69, 9.17) is 11.6 Å². The second-order valence-corrected chi connectivity index (χ2v) is 5.73. The van der Waals surface area contributed by atoms with Crippen molar-refractivity contribution in [2.45, 2.75) is 20.3 Å². The lowest BCUT2D eigenvalue weighted by Gasteiger charge is -2.31. The van der Waals surface area contributed by atoms with Gasteiger partial charge in [-0.25, -0.2) is 4.39 Å². The Balaban J connectivity index is 2.17. The highest BCUT2D eigenvalue weighted by molar-refractivity contribution is 6.30. The Kier molecular flexibility index (Phi) is 4.11. The molecule has 0 aromatic heterocycles. The van der Waals surface area contributed by atoms with Crippen molar-refractivity contribution in [2.75, 3.05) is 18.4 Å². The topological polar surface area (TPSA) is 41.1 Å².